The van der Waals surface area contributed by atoms with Gasteiger partial charge in [0.15, 0.2) is 11.0 Å². The van der Waals surface area contributed by atoms with Gasteiger partial charge in [0, 0.05) is 19.8 Å². The van der Waals surface area contributed by atoms with Gasteiger partial charge in [-0.15, -0.1) is 10.2 Å². The Kier molecular flexibility index (Phi) is 6.75. The number of aromatic nitrogens is 3. The molecule has 34 heavy (non-hydrogen) atoms. The van der Waals surface area contributed by atoms with Gasteiger partial charge in [-0.25, -0.2) is 8.42 Å². The predicted molar refractivity (Wildman–Crippen MR) is 131 cm³/mol. The highest BCUT2D eigenvalue weighted by molar-refractivity contribution is 7.99. The number of para-hydroxylation sites is 1. The van der Waals surface area contributed by atoms with Crippen molar-refractivity contribution in [2.24, 2.45) is 7.05 Å². The number of amides is 1. The summed E-state index contributed by atoms with van der Waals surface area (Å²) in [6, 6.07) is 16.8. The van der Waals surface area contributed by atoms with Crippen LogP contribution in [0.25, 0.3) is 11.4 Å². The van der Waals surface area contributed by atoms with E-state index in [9.17, 15) is 13.2 Å². The second-order valence-electron chi connectivity index (χ2n) is 7.43. The number of rotatable bonds is 8. The van der Waals surface area contributed by atoms with Crippen molar-refractivity contribution in [3.63, 3.8) is 0 Å². The maximum absolute atomic E-state index is 13.0. The maximum atomic E-state index is 13.0. The Morgan fingerprint density at radius 2 is 1.88 bits per heavy atom. The zero-order valence-electron chi connectivity index (χ0n) is 18.8. The maximum Gasteiger partial charge on any atom is 0.264 e. The highest BCUT2D eigenvalue weighted by Gasteiger charge is 2.22. The second-order valence-corrected chi connectivity index (χ2v) is 10.3. The SMILES string of the molecule is Cc1occc1-c1nnc(SCC(=O)Nc2cccc(S(=O)(=O)N(C)c3ccccc3)c2)n1C. The number of thioether (sulfide) groups is 1. The Bertz CT molecular complexity index is 1410. The van der Waals surface area contributed by atoms with Crippen LogP contribution in [0.4, 0.5) is 11.4 Å². The molecule has 4 rings (SSSR count). The number of sulfonamides is 1. The van der Waals surface area contributed by atoms with Crippen LogP contribution in [0.1, 0.15) is 5.76 Å². The van der Waals surface area contributed by atoms with Crippen LogP contribution in [0, 0.1) is 6.92 Å². The minimum absolute atomic E-state index is 0.0806. The van der Waals surface area contributed by atoms with Gasteiger partial charge in [-0.3, -0.25) is 9.10 Å². The predicted octanol–water partition coefficient (Wildman–Crippen LogP) is 3.94. The molecule has 0 radical (unpaired) electrons. The summed E-state index contributed by atoms with van der Waals surface area (Å²) in [6.07, 6.45) is 1.59. The summed E-state index contributed by atoms with van der Waals surface area (Å²) < 4.78 is 34.4. The molecular weight excluding hydrogens is 474 g/mol. The summed E-state index contributed by atoms with van der Waals surface area (Å²) in [7, 11) is -0.474. The molecule has 0 atom stereocenters. The quantitative estimate of drug-likeness (QED) is 0.367. The molecule has 0 aliphatic heterocycles. The summed E-state index contributed by atoms with van der Waals surface area (Å²) in [5.74, 6) is 1.17. The zero-order chi connectivity index (χ0) is 24.3. The fourth-order valence-corrected chi connectivity index (χ4v) is 5.24. The molecule has 9 nitrogen and oxygen atoms in total. The molecule has 2 aromatic carbocycles. The van der Waals surface area contributed by atoms with Crippen molar-refractivity contribution in [2.75, 3.05) is 22.4 Å². The van der Waals surface area contributed by atoms with Crippen molar-refractivity contribution in [1.82, 2.24) is 14.8 Å². The van der Waals surface area contributed by atoms with E-state index in [4.69, 9.17) is 4.42 Å². The average molecular weight is 498 g/mol. The third-order valence-corrected chi connectivity index (χ3v) is 7.96. The van der Waals surface area contributed by atoms with E-state index < -0.39 is 10.0 Å². The molecule has 0 aliphatic rings. The minimum atomic E-state index is -3.79. The van der Waals surface area contributed by atoms with Gasteiger partial charge in [-0.2, -0.15) is 0 Å². The molecule has 1 amide bonds. The Labute approximate surface area is 201 Å². The third kappa shape index (κ3) is 4.85. The van der Waals surface area contributed by atoms with Crippen molar-refractivity contribution in [2.45, 2.75) is 17.0 Å². The van der Waals surface area contributed by atoms with Gasteiger partial charge in [0.1, 0.15) is 5.76 Å². The lowest BCUT2D eigenvalue weighted by Gasteiger charge is -2.19. The number of aryl methyl sites for hydroxylation is 1. The number of benzene rings is 2. The van der Waals surface area contributed by atoms with Crippen LogP contribution in [0.3, 0.4) is 0 Å². The van der Waals surface area contributed by atoms with Crippen LogP contribution in [-0.2, 0) is 21.9 Å². The number of hydrogen-bond acceptors (Lipinski definition) is 7. The second kappa shape index (κ2) is 9.74. The first kappa shape index (κ1) is 23.6. The highest BCUT2D eigenvalue weighted by Crippen LogP contribution is 2.27. The van der Waals surface area contributed by atoms with Crippen LogP contribution in [0.2, 0.25) is 0 Å². The highest BCUT2D eigenvalue weighted by atomic mass is 32.2. The molecule has 176 valence electrons. The number of carbonyl (C=O) groups excluding carboxylic acids is 1. The number of nitrogens with zero attached hydrogens (tertiary/aromatic N) is 4. The van der Waals surface area contributed by atoms with E-state index in [0.29, 0.717) is 22.4 Å². The van der Waals surface area contributed by atoms with Crippen LogP contribution in [-0.4, -0.2) is 41.9 Å². The van der Waals surface area contributed by atoms with E-state index in [1.807, 2.05) is 26.1 Å². The fraction of sp³-hybridized carbons (Fsp3) is 0.174. The van der Waals surface area contributed by atoms with Gasteiger partial charge in [0.25, 0.3) is 10.0 Å². The normalized spacial score (nSPS) is 11.4. The van der Waals surface area contributed by atoms with Gasteiger partial charge < -0.3 is 14.3 Å². The van der Waals surface area contributed by atoms with Gasteiger partial charge in [0.2, 0.25) is 5.91 Å². The largest absolute Gasteiger partial charge is 0.469 e. The van der Waals surface area contributed by atoms with Gasteiger partial charge in [-0.05, 0) is 43.3 Å². The van der Waals surface area contributed by atoms with E-state index in [0.717, 1.165) is 11.3 Å². The van der Waals surface area contributed by atoms with Crippen molar-refractivity contribution in [1.29, 1.82) is 0 Å². The number of hydrogen-bond donors (Lipinski definition) is 1. The van der Waals surface area contributed by atoms with Crippen LogP contribution >= 0.6 is 11.8 Å². The minimum Gasteiger partial charge on any atom is -0.469 e. The first-order valence-corrected chi connectivity index (χ1v) is 12.7. The lowest BCUT2D eigenvalue weighted by atomic mass is 10.2. The van der Waals surface area contributed by atoms with Gasteiger partial charge in [-0.1, -0.05) is 36.0 Å². The number of nitrogens with one attached hydrogen (secondary N) is 1. The van der Waals surface area contributed by atoms with Crippen LogP contribution in [0.15, 0.2) is 81.4 Å². The van der Waals surface area contributed by atoms with Crippen molar-refractivity contribution >= 4 is 39.1 Å². The fourth-order valence-electron chi connectivity index (χ4n) is 3.29. The molecule has 11 heteroatoms. The summed E-state index contributed by atoms with van der Waals surface area (Å²) in [5.41, 5.74) is 1.77. The van der Waals surface area contributed by atoms with E-state index in [-0.39, 0.29) is 16.6 Å². The molecule has 4 aromatic rings. The molecule has 0 saturated carbocycles. The summed E-state index contributed by atoms with van der Waals surface area (Å²) in [6.45, 7) is 1.84. The molecule has 0 aliphatic carbocycles. The van der Waals surface area contributed by atoms with E-state index in [1.165, 1.54) is 35.2 Å². The molecule has 1 N–H and O–H groups in total. The van der Waals surface area contributed by atoms with E-state index in [2.05, 4.69) is 15.5 Å². The summed E-state index contributed by atoms with van der Waals surface area (Å²) >= 11 is 1.23. The topological polar surface area (TPSA) is 110 Å². The average Bonchev–Trinajstić information content (AvgIpc) is 3.42. The van der Waals surface area contributed by atoms with Crippen molar-refractivity contribution in [3.8, 4) is 11.4 Å². The molecule has 2 aromatic heterocycles. The molecule has 0 bridgehead atoms. The monoisotopic (exact) mass is 497 g/mol. The van der Waals surface area contributed by atoms with E-state index >= 15 is 0 Å². The number of furan rings is 1. The first-order valence-electron chi connectivity index (χ1n) is 10.3. The molecule has 0 saturated heterocycles. The van der Waals surface area contributed by atoms with Gasteiger partial charge >= 0.3 is 0 Å². The van der Waals surface area contributed by atoms with Crippen molar-refractivity contribution < 1.29 is 17.6 Å². The number of anilines is 2. The Hall–Kier alpha value is -3.57. The smallest absolute Gasteiger partial charge is 0.264 e. The third-order valence-electron chi connectivity index (χ3n) is 5.16. The number of carbonyl (C=O) groups is 1. The summed E-state index contributed by atoms with van der Waals surface area (Å²) in [4.78, 5) is 12.6. The lowest BCUT2D eigenvalue weighted by Crippen LogP contribution is -2.26. The Morgan fingerprint density at radius 1 is 1.12 bits per heavy atom. The summed E-state index contributed by atoms with van der Waals surface area (Å²) in [5, 5.41) is 11.7. The van der Waals surface area contributed by atoms with Gasteiger partial charge in [0.05, 0.1) is 28.2 Å². The van der Waals surface area contributed by atoms with Crippen molar-refractivity contribution in [3.05, 3.63) is 72.7 Å². The molecular formula is C23H23N5O4S2. The Balaban J connectivity index is 1.42. The molecule has 2 heterocycles. The van der Waals surface area contributed by atoms with Crippen LogP contribution < -0.4 is 9.62 Å². The molecule has 0 unspecified atom stereocenters. The standard InChI is InChI=1S/C23H23N5O4S2/c1-16-20(12-13-32-16)22-25-26-23(27(22)2)33-15-21(29)24-17-8-7-11-19(14-17)34(30,31)28(3)18-9-5-4-6-10-18/h4-14H,15H2,1-3H3,(H,24,29). The lowest BCUT2D eigenvalue weighted by molar-refractivity contribution is -0.113. The molecule has 0 spiro atoms. The zero-order valence-corrected chi connectivity index (χ0v) is 20.4. The Morgan fingerprint density at radius 3 is 2.59 bits per heavy atom. The van der Waals surface area contributed by atoms with E-state index in [1.54, 1.807) is 47.2 Å². The molecule has 0 fully saturated rings. The van der Waals surface area contributed by atoms with Crippen LogP contribution in [0.5, 0.6) is 0 Å². The first-order chi connectivity index (χ1) is 16.3.